The van der Waals surface area contributed by atoms with E-state index in [4.69, 9.17) is 15.2 Å². The number of rotatable bonds is 3. The lowest BCUT2D eigenvalue weighted by molar-refractivity contribution is -0.188. The number of amides is 6. The molecule has 0 aliphatic carbocycles. The summed E-state index contributed by atoms with van der Waals surface area (Å²) in [5.41, 5.74) is 4.88. The second-order valence-corrected chi connectivity index (χ2v) is 15.5. The number of carbonyl (C=O) groups excluding carboxylic acids is 8. The lowest BCUT2D eigenvalue weighted by Gasteiger charge is -2.43. The molecule has 0 saturated carbocycles. The maximum Gasteiger partial charge on any atom is 0.331 e. The number of hydrazine groups is 2. The highest BCUT2D eigenvalue weighted by Crippen LogP contribution is 2.32. The zero-order valence-electron chi connectivity index (χ0n) is 30.6. The van der Waals surface area contributed by atoms with Crippen LogP contribution in [0.3, 0.4) is 0 Å². The van der Waals surface area contributed by atoms with Crippen molar-refractivity contribution in [2.24, 2.45) is 5.73 Å². The third-order valence-electron chi connectivity index (χ3n) is 9.23. The standard InChI is InChI=1S/C22H25N3O6.C14H23N3O4.CH4/c1-22(2,3)31-21(30)16-9-6-12-23-17(26)11-10-15(20(29)25(16)23)24-18(27)13-7-4-5-8-14(13)19(24)28;1-14(2,3)21-13(20)10-5-4-8-16-11(18)7-6-9(15)12(19)17(10)16;/h4-5,7-8,15-16H,6,9-12H2,1-3H3;9-10H,4-8,15H2,1-3H3;1H4/t15-,16-;9-,10-;/m00./s1. The van der Waals surface area contributed by atoms with Crippen molar-refractivity contribution < 1.29 is 47.8 Å². The summed E-state index contributed by atoms with van der Waals surface area (Å²) in [6.07, 6.45) is 2.55. The van der Waals surface area contributed by atoms with Gasteiger partial charge < -0.3 is 15.2 Å². The highest BCUT2D eigenvalue weighted by Gasteiger charge is 2.51. The van der Waals surface area contributed by atoms with E-state index in [1.165, 1.54) is 15.0 Å². The fraction of sp³-hybridized carbons (Fsp3) is 0.622. The summed E-state index contributed by atoms with van der Waals surface area (Å²) in [6, 6.07) is 2.72. The van der Waals surface area contributed by atoms with E-state index in [9.17, 15) is 38.4 Å². The van der Waals surface area contributed by atoms with Crippen LogP contribution in [0.5, 0.6) is 0 Å². The summed E-state index contributed by atoms with van der Waals surface area (Å²) in [5, 5.41) is 5.00. The Kier molecular flexibility index (Phi) is 12.1. The van der Waals surface area contributed by atoms with Gasteiger partial charge in [0, 0.05) is 25.9 Å². The number of carbonyl (C=O) groups is 8. The summed E-state index contributed by atoms with van der Waals surface area (Å²) in [5.74, 6) is -3.70. The third kappa shape index (κ3) is 8.53. The molecule has 5 heterocycles. The second-order valence-electron chi connectivity index (χ2n) is 15.5. The van der Waals surface area contributed by atoms with Crippen LogP contribution in [0.25, 0.3) is 0 Å². The fourth-order valence-corrected chi connectivity index (χ4v) is 6.97. The van der Waals surface area contributed by atoms with Crippen molar-refractivity contribution >= 4 is 47.4 Å². The number of ether oxygens (including phenoxy) is 2. The molecule has 1 aromatic rings. The molecule has 290 valence electrons. The van der Waals surface area contributed by atoms with E-state index in [0.717, 1.165) is 9.91 Å². The van der Waals surface area contributed by atoms with Crippen LogP contribution in [0, 0.1) is 0 Å². The smallest absolute Gasteiger partial charge is 0.331 e. The topological polar surface area (TPSA) is 197 Å². The first kappa shape index (κ1) is 40.9. The van der Waals surface area contributed by atoms with Crippen LogP contribution in [0.2, 0.25) is 0 Å². The number of imide groups is 1. The molecule has 4 saturated heterocycles. The van der Waals surface area contributed by atoms with Gasteiger partial charge in [-0.3, -0.25) is 43.7 Å². The van der Waals surface area contributed by atoms with Gasteiger partial charge in [0.1, 0.15) is 17.2 Å². The Bertz CT molecular complexity index is 1630. The highest BCUT2D eigenvalue weighted by atomic mass is 16.6. The Balaban J connectivity index is 0.000000250. The summed E-state index contributed by atoms with van der Waals surface area (Å²) in [6.45, 7) is 11.2. The Hall–Kier alpha value is -4.86. The average Bonchev–Trinajstić information content (AvgIpc) is 3.17. The van der Waals surface area contributed by atoms with E-state index in [1.54, 1.807) is 65.8 Å². The molecule has 2 N–H and O–H groups in total. The lowest BCUT2D eigenvalue weighted by Crippen LogP contribution is -2.63. The SMILES string of the molecule is C.CC(C)(C)OC(=O)[C@@H]1CCCN2C(=O)CC[C@H](N)C(=O)N12.CC(C)(C)OC(=O)[C@@H]1CCCN2C(=O)CC[C@H](N3C(=O)c4ccccc4C3=O)C(=O)N12. The summed E-state index contributed by atoms with van der Waals surface area (Å²) < 4.78 is 10.9. The molecule has 4 atom stereocenters. The Labute approximate surface area is 309 Å². The molecule has 16 heteroatoms. The Morgan fingerprint density at radius 1 is 0.660 bits per heavy atom. The van der Waals surface area contributed by atoms with Gasteiger partial charge in [-0.05, 0) is 92.2 Å². The molecular formula is C37H52N6O10. The first-order valence-corrected chi connectivity index (χ1v) is 17.8. The van der Waals surface area contributed by atoms with E-state index in [1.807, 2.05) is 0 Å². The summed E-state index contributed by atoms with van der Waals surface area (Å²) in [7, 11) is 0. The number of fused-ring (bicyclic) bond motifs is 3. The fourth-order valence-electron chi connectivity index (χ4n) is 6.97. The van der Waals surface area contributed by atoms with Crippen molar-refractivity contribution in [2.75, 3.05) is 13.1 Å². The van der Waals surface area contributed by atoms with E-state index in [2.05, 4.69) is 0 Å². The predicted octanol–water partition coefficient (Wildman–Crippen LogP) is 2.34. The van der Waals surface area contributed by atoms with Crippen LogP contribution in [-0.4, -0.2) is 121 Å². The van der Waals surface area contributed by atoms with Gasteiger partial charge in [-0.2, -0.15) is 0 Å². The number of hydrogen-bond donors (Lipinski definition) is 1. The maximum atomic E-state index is 13.6. The Morgan fingerprint density at radius 2 is 1.08 bits per heavy atom. The maximum absolute atomic E-state index is 13.6. The van der Waals surface area contributed by atoms with Gasteiger partial charge >= 0.3 is 11.9 Å². The number of nitrogens with zero attached hydrogens (tertiary/aromatic N) is 5. The summed E-state index contributed by atoms with van der Waals surface area (Å²) in [4.78, 5) is 103. The van der Waals surface area contributed by atoms with Gasteiger partial charge in [-0.15, -0.1) is 0 Å². The van der Waals surface area contributed by atoms with Crippen LogP contribution in [0.1, 0.15) is 121 Å². The molecule has 6 amide bonds. The van der Waals surface area contributed by atoms with Gasteiger partial charge in [-0.1, -0.05) is 19.6 Å². The molecule has 16 nitrogen and oxygen atoms in total. The zero-order chi connectivity index (χ0) is 38.3. The van der Waals surface area contributed by atoms with Gasteiger partial charge in [0.25, 0.3) is 23.6 Å². The first-order chi connectivity index (χ1) is 24.3. The van der Waals surface area contributed by atoms with E-state index >= 15 is 0 Å². The molecule has 0 bridgehead atoms. The Morgan fingerprint density at radius 3 is 1.51 bits per heavy atom. The van der Waals surface area contributed by atoms with Crippen LogP contribution in [0.15, 0.2) is 24.3 Å². The van der Waals surface area contributed by atoms with E-state index < -0.39 is 65.0 Å². The molecule has 0 spiro atoms. The van der Waals surface area contributed by atoms with Crippen molar-refractivity contribution in [3.05, 3.63) is 35.4 Å². The normalized spacial score (nSPS) is 24.9. The van der Waals surface area contributed by atoms with Crippen molar-refractivity contribution in [3.8, 4) is 0 Å². The molecule has 6 rings (SSSR count). The number of esters is 2. The molecule has 5 aliphatic heterocycles. The van der Waals surface area contributed by atoms with Gasteiger partial charge in [0.05, 0.1) is 17.2 Å². The third-order valence-corrected chi connectivity index (χ3v) is 9.23. The molecule has 0 unspecified atom stereocenters. The average molecular weight is 741 g/mol. The van der Waals surface area contributed by atoms with E-state index in [-0.39, 0.29) is 55.5 Å². The van der Waals surface area contributed by atoms with E-state index in [0.29, 0.717) is 45.2 Å². The molecule has 0 radical (unpaired) electrons. The van der Waals surface area contributed by atoms with Gasteiger partial charge in [-0.25, -0.2) is 19.6 Å². The van der Waals surface area contributed by atoms with Crippen molar-refractivity contribution in [2.45, 2.75) is 136 Å². The number of benzene rings is 1. The molecule has 4 fully saturated rings. The number of nitrogens with two attached hydrogens (primary N) is 1. The monoisotopic (exact) mass is 740 g/mol. The molecular weight excluding hydrogens is 688 g/mol. The largest absolute Gasteiger partial charge is 0.458 e. The zero-order valence-corrected chi connectivity index (χ0v) is 30.6. The number of hydrogen-bond acceptors (Lipinski definition) is 11. The molecule has 0 aromatic heterocycles. The van der Waals surface area contributed by atoms with Crippen LogP contribution >= 0.6 is 0 Å². The van der Waals surface area contributed by atoms with Gasteiger partial charge in [0.15, 0.2) is 12.1 Å². The minimum atomic E-state index is -1.16. The minimum Gasteiger partial charge on any atom is -0.458 e. The van der Waals surface area contributed by atoms with Crippen molar-refractivity contribution in [1.29, 1.82) is 0 Å². The highest BCUT2D eigenvalue weighted by molar-refractivity contribution is 6.23. The van der Waals surface area contributed by atoms with Gasteiger partial charge in [0.2, 0.25) is 11.8 Å². The van der Waals surface area contributed by atoms with Crippen LogP contribution in [0.4, 0.5) is 0 Å². The quantitative estimate of drug-likeness (QED) is 0.353. The molecule has 5 aliphatic rings. The molecule has 1 aromatic carbocycles. The van der Waals surface area contributed by atoms with Crippen molar-refractivity contribution in [3.63, 3.8) is 0 Å². The summed E-state index contributed by atoms with van der Waals surface area (Å²) >= 11 is 0. The second kappa shape index (κ2) is 15.6. The van der Waals surface area contributed by atoms with Crippen LogP contribution < -0.4 is 5.73 Å². The van der Waals surface area contributed by atoms with Crippen LogP contribution in [-0.2, 0) is 38.2 Å². The van der Waals surface area contributed by atoms with Crippen molar-refractivity contribution in [1.82, 2.24) is 24.9 Å². The first-order valence-electron chi connectivity index (χ1n) is 17.8. The minimum absolute atomic E-state index is 0. The lowest BCUT2D eigenvalue weighted by atomic mass is 10.1. The molecule has 53 heavy (non-hydrogen) atoms. The predicted molar refractivity (Wildman–Crippen MR) is 189 cm³/mol.